The molecule has 0 bridgehead atoms. The van der Waals surface area contributed by atoms with Crippen LogP contribution in [0.3, 0.4) is 0 Å². The predicted octanol–water partition coefficient (Wildman–Crippen LogP) is 4.06. The average Bonchev–Trinajstić information content (AvgIpc) is 2.75. The van der Waals surface area contributed by atoms with E-state index in [1.54, 1.807) is 0 Å². The second kappa shape index (κ2) is 8.15. The van der Waals surface area contributed by atoms with Crippen LogP contribution in [-0.4, -0.2) is 23.2 Å². The van der Waals surface area contributed by atoms with Crippen molar-refractivity contribution in [2.75, 3.05) is 12.3 Å². The Bertz CT molecular complexity index is 257. The molecule has 0 fully saturated rings. The van der Waals surface area contributed by atoms with Gasteiger partial charge in [0.2, 0.25) is 0 Å². The third kappa shape index (κ3) is 5.37. The summed E-state index contributed by atoms with van der Waals surface area (Å²) < 4.78 is 0. The zero-order chi connectivity index (χ0) is 11.8. The van der Waals surface area contributed by atoms with Crippen molar-refractivity contribution in [1.29, 1.82) is 0 Å². The van der Waals surface area contributed by atoms with Gasteiger partial charge < -0.3 is 0 Å². The lowest BCUT2D eigenvalue weighted by molar-refractivity contribution is 0.210. The molecule has 0 aliphatic carbocycles. The van der Waals surface area contributed by atoms with Crippen LogP contribution in [0.25, 0.3) is 0 Å². The van der Waals surface area contributed by atoms with Gasteiger partial charge in [-0.15, -0.1) is 11.3 Å². The van der Waals surface area contributed by atoms with Gasteiger partial charge in [0.05, 0.1) is 0 Å². The first-order valence-electron chi connectivity index (χ1n) is 6.11. The first-order valence-corrected chi connectivity index (χ1v) is 7.62. The fraction of sp³-hybridized carbons (Fsp3) is 0.692. The SMILES string of the molecule is CC(C)N(CCCCCS)Cc1cccs1. The lowest BCUT2D eigenvalue weighted by atomic mass is 10.2. The molecular weight excluding hydrogens is 234 g/mol. The van der Waals surface area contributed by atoms with Crippen LogP contribution in [0.1, 0.15) is 38.0 Å². The molecule has 3 heteroatoms. The van der Waals surface area contributed by atoms with Crippen molar-refractivity contribution >= 4 is 24.0 Å². The minimum Gasteiger partial charge on any atom is -0.296 e. The average molecular weight is 257 g/mol. The Hall–Kier alpha value is 0.01000. The van der Waals surface area contributed by atoms with Crippen molar-refractivity contribution in [3.05, 3.63) is 22.4 Å². The summed E-state index contributed by atoms with van der Waals surface area (Å²) in [6.45, 7) is 6.89. The maximum absolute atomic E-state index is 4.25. The van der Waals surface area contributed by atoms with E-state index in [1.807, 2.05) is 11.3 Å². The molecule has 0 unspecified atom stereocenters. The Kier molecular flexibility index (Phi) is 7.17. The van der Waals surface area contributed by atoms with Crippen LogP contribution in [0.5, 0.6) is 0 Å². The highest BCUT2D eigenvalue weighted by molar-refractivity contribution is 7.80. The van der Waals surface area contributed by atoms with E-state index in [0.29, 0.717) is 6.04 Å². The highest BCUT2D eigenvalue weighted by Gasteiger charge is 2.09. The summed E-state index contributed by atoms with van der Waals surface area (Å²) >= 11 is 6.10. The summed E-state index contributed by atoms with van der Waals surface area (Å²) in [5, 5.41) is 2.16. The second-order valence-corrected chi connectivity index (χ2v) is 5.91. The zero-order valence-electron chi connectivity index (χ0n) is 10.4. The van der Waals surface area contributed by atoms with Gasteiger partial charge in [-0.1, -0.05) is 12.5 Å². The molecule has 0 saturated heterocycles. The number of hydrogen-bond acceptors (Lipinski definition) is 3. The van der Waals surface area contributed by atoms with Crippen LogP contribution in [-0.2, 0) is 6.54 Å². The topological polar surface area (TPSA) is 3.24 Å². The molecule has 1 heterocycles. The second-order valence-electron chi connectivity index (χ2n) is 4.43. The van der Waals surface area contributed by atoms with Gasteiger partial charge >= 0.3 is 0 Å². The van der Waals surface area contributed by atoms with E-state index >= 15 is 0 Å². The van der Waals surface area contributed by atoms with Gasteiger partial charge in [0, 0.05) is 17.5 Å². The molecular formula is C13H23NS2. The summed E-state index contributed by atoms with van der Waals surface area (Å²) in [6, 6.07) is 5.01. The molecule has 1 aromatic heterocycles. The van der Waals surface area contributed by atoms with Crippen molar-refractivity contribution < 1.29 is 0 Å². The Morgan fingerprint density at radius 1 is 1.31 bits per heavy atom. The molecule has 0 radical (unpaired) electrons. The zero-order valence-corrected chi connectivity index (χ0v) is 12.1. The number of unbranched alkanes of at least 4 members (excludes halogenated alkanes) is 2. The molecule has 0 aromatic carbocycles. The summed E-state index contributed by atoms with van der Waals surface area (Å²) in [5.74, 6) is 1.02. The Labute approximate surface area is 109 Å². The van der Waals surface area contributed by atoms with E-state index in [1.165, 1.54) is 30.7 Å². The molecule has 0 atom stereocenters. The lowest BCUT2D eigenvalue weighted by Crippen LogP contribution is -2.31. The number of thiol groups is 1. The van der Waals surface area contributed by atoms with E-state index in [-0.39, 0.29) is 0 Å². The third-order valence-corrected chi connectivity index (χ3v) is 3.95. The summed E-state index contributed by atoms with van der Waals surface area (Å²) in [7, 11) is 0. The van der Waals surface area contributed by atoms with E-state index in [2.05, 4.69) is 48.9 Å². The van der Waals surface area contributed by atoms with Crippen LogP contribution >= 0.6 is 24.0 Å². The first kappa shape index (κ1) is 14.1. The molecule has 1 nitrogen and oxygen atoms in total. The molecule has 1 aromatic rings. The minimum absolute atomic E-state index is 0.637. The van der Waals surface area contributed by atoms with Crippen molar-refractivity contribution in [3.63, 3.8) is 0 Å². The van der Waals surface area contributed by atoms with Gasteiger partial charge in [-0.05, 0) is 50.4 Å². The van der Waals surface area contributed by atoms with Crippen LogP contribution in [0.4, 0.5) is 0 Å². The van der Waals surface area contributed by atoms with Gasteiger partial charge in [0.15, 0.2) is 0 Å². The van der Waals surface area contributed by atoms with Crippen molar-refractivity contribution in [1.82, 2.24) is 4.90 Å². The normalized spacial score (nSPS) is 11.6. The molecule has 1 rings (SSSR count). The smallest absolute Gasteiger partial charge is 0.0330 e. The molecule has 0 N–H and O–H groups in total. The monoisotopic (exact) mass is 257 g/mol. The number of rotatable bonds is 8. The van der Waals surface area contributed by atoms with Crippen LogP contribution in [0.2, 0.25) is 0 Å². The number of nitrogens with zero attached hydrogens (tertiary/aromatic N) is 1. The molecule has 0 saturated carbocycles. The third-order valence-electron chi connectivity index (χ3n) is 2.77. The van der Waals surface area contributed by atoms with Gasteiger partial charge in [-0.25, -0.2) is 0 Å². The van der Waals surface area contributed by atoms with Crippen LogP contribution < -0.4 is 0 Å². The predicted molar refractivity (Wildman–Crippen MR) is 77.6 cm³/mol. The molecule has 0 aliphatic rings. The molecule has 16 heavy (non-hydrogen) atoms. The molecule has 92 valence electrons. The van der Waals surface area contributed by atoms with E-state index in [4.69, 9.17) is 0 Å². The largest absolute Gasteiger partial charge is 0.296 e. The first-order chi connectivity index (χ1) is 7.74. The molecule has 0 aliphatic heterocycles. The Morgan fingerprint density at radius 3 is 2.69 bits per heavy atom. The van der Waals surface area contributed by atoms with Gasteiger partial charge in [-0.3, -0.25) is 4.90 Å². The quantitative estimate of drug-likeness (QED) is 0.543. The van der Waals surface area contributed by atoms with E-state index in [9.17, 15) is 0 Å². The Morgan fingerprint density at radius 2 is 2.12 bits per heavy atom. The van der Waals surface area contributed by atoms with E-state index < -0.39 is 0 Å². The standard InChI is InChI=1S/C13H23NS2/c1-12(2)14(8-4-3-5-9-15)11-13-7-6-10-16-13/h6-7,10,12,15H,3-5,8-9,11H2,1-2H3. The minimum atomic E-state index is 0.637. The number of thiophene rings is 1. The van der Waals surface area contributed by atoms with Gasteiger partial charge in [0.1, 0.15) is 0 Å². The van der Waals surface area contributed by atoms with Crippen molar-refractivity contribution in [2.45, 2.75) is 45.7 Å². The summed E-state index contributed by atoms with van der Waals surface area (Å²) in [4.78, 5) is 4.03. The van der Waals surface area contributed by atoms with Gasteiger partial charge in [-0.2, -0.15) is 12.6 Å². The summed E-state index contributed by atoms with van der Waals surface area (Å²) in [5.41, 5.74) is 0. The Balaban J connectivity index is 2.30. The van der Waals surface area contributed by atoms with Crippen molar-refractivity contribution in [2.24, 2.45) is 0 Å². The van der Waals surface area contributed by atoms with Gasteiger partial charge in [0.25, 0.3) is 0 Å². The van der Waals surface area contributed by atoms with Crippen LogP contribution in [0, 0.1) is 0 Å². The number of hydrogen-bond donors (Lipinski definition) is 1. The fourth-order valence-corrected chi connectivity index (χ4v) is 2.68. The molecule has 0 spiro atoms. The van der Waals surface area contributed by atoms with Crippen molar-refractivity contribution in [3.8, 4) is 0 Å². The lowest BCUT2D eigenvalue weighted by Gasteiger charge is -2.25. The summed E-state index contributed by atoms with van der Waals surface area (Å²) in [6.07, 6.45) is 3.84. The van der Waals surface area contributed by atoms with Crippen LogP contribution in [0.15, 0.2) is 17.5 Å². The highest BCUT2D eigenvalue weighted by atomic mass is 32.1. The highest BCUT2D eigenvalue weighted by Crippen LogP contribution is 2.14. The fourth-order valence-electron chi connectivity index (χ4n) is 1.73. The molecule has 0 amide bonds. The maximum Gasteiger partial charge on any atom is 0.0330 e. The maximum atomic E-state index is 4.25. The van der Waals surface area contributed by atoms with E-state index in [0.717, 1.165) is 12.3 Å².